The quantitative estimate of drug-likeness (QED) is 0.726. The van der Waals surface area contributed by atoms with Crippen LogP contribution >= 0.6 is 0 Å². The van der Waals surface area contributed by atoms with Crippen LogP contribution in [0.5, 0.6) is 0 Å². The van der Waals surface area contributed by atoms with Crippen molar-refractivity contribution in [2.45, 2.75) is 12.3 Å². The van der Waals surface area contributed by atoms with Gasteiger partial charge in [-0.1, -0.05) is 91.0 Å². The third-order valence-electron chi connectivity index (χ3n) is 4.08. The summed E-state index contributed by atoms with van der Waals surface area (Å²) in [6.07, 6.45) is 0.836. The highest BCUT2D eigenvalue weighted by Gasteiger charge is 2.21. The van der Waals surface area contributed by atoms with Crippen LogP contribution in [-0.2, 0) is 11.2 Å². The lowest BCUT2D eigenvalue weighted by Gasteiger charge is -2.18. The Balaban J connectivity index is 1.72. The van der Waals surface area contributed by atoms with Gasteiger partial charge < -0.3 is 5.32 Å². The average Bonchev–Trinajstić information content (AvgIpc) is 2.65. The van der Waals surface area contributed by atoms with Gasteiger partial charge in [-0.25, -0.2) is 0 Å². The molecular formula is C22H21NO. The van der Waals surface area contributed by atoms with Gasteiger partial charge in [-0.2, -0.15) is 0 Å². The molecule has 1 N–H and O–H groups in total. The summed E-state index contributed by atoms with van der Waals surface area (Å²) in [6.45, 7) is 0.638. The van der Waals surface area contributed by atoms with Gasteiger partial charge in [0.25, 0.3) is 0 Å². The van der Waals surface area contributed by atoms with E-state index in [4.69, 9.17) is 0 Å². The lowest BCUT2D eigenvalue weighted by molar-refractivity contribution is -0.121. The average molecular weight is 315 g/mol. The molecule has 0 aliphatic heterocycles. The predicted molar refractivity (Wildman–Crippen MR) is 97.9 cm³/mol. The molecular weight excluding hydrogens is 294 g/mol. The van der Waals surface area contributed by atoms with E-state index in [-0.39, 0.29) is 11.8 Å². The molecule has 3 rings (SSSR count). The first kappa shape index (κ1) is 16.0. The van der Waals surface area contributed by atoms with Gasteiger partial charge in [0, 0.05) is 6.54 Å². The topological polar surface area (TPSA) is 29.1 Å². The molecule has 0 fully saturated rings. The lowest BCUT2D eigenvalue weighted by Crippen LogP contribution is -2.31. The van der Waals surface area contributed by atoms with Crippen molar-refractivity contribution >= 4 is 5.91 Å². The molecule has 0 radical (unpaired) electrons. The summed E-state index contributed by atoms with van der Waals surface area (Å²) in [5, 5.41) is 3.09. The summed E-state index contributed by atoms with van der Waals surface area (Å²) >= 11 is 0. The minimum absolute atomic E-state index is 0.0448. The van der Waals surface area contributed by atoms with Crippen molar-refractivity contribution in [3.8, 4) is 0 Å². The normalized spacial score (nSPS) is 10.5. The molecule has 2 nitrogen and oxygen atoms in total. The molecule has 0 aliphatic rings. The fourth-order valence-corrected chi connectivity index (χ4v) is 2.86. The molecule has 1 amide bonds. The second kappa shape index (κ2) is 8.11. The molecule has 3 aromatic carbocycles. The van der Waals surface area contributed by atoms with Crippen LogP contribution in [0.4, 0.5) is 0 Å². The number of carbonyl (C=O) groups is 1. The maximum absolute atomic E-state index is 12.8. The predicted octanol–water partition coefficient (Wildman–Crippen LogP) is 4.18. The highest BCUT2D eigenvalue weighted by molar-refractivity contribution is 5.87. The number of rotatable bonds is 6. The third kappa shape index (κ3) is 4.11. The molecule has 0 aromatic heterocycles. The third-order valence-corrected chi connectivity index (χ3v) is 4.08. The summed E-state index contributed by atoms with van der Waals surface area (Å²) in [7, 11) is 0. The Bertz CT molecular complexity index is 714. The standard InChI is InChI=1S/C22H21NO/c24-22(23-17-16-18-10-4-1-5-11-18)21(19-12-6-2-7-13-19)20-14-8-3-9-15-20/h1-15,21H,16-17H2,(H,23,24). The monoisotopic (exact) mass is 315 g/mol. The number of amides is 1. The molecule has 0 atom stereocenters. The second-order valence-electron chi connectivity index (χ2n) is 5.78. The maximum atomic E-state index is 12.8. The Hall–Kier alpha value is -2.87. The van der Waals surface area contributed by atoms with Crippen molar-refractivity contribution in [3.63, 3.8) is 0 Å². The maximum Gasteiger partial charge on any atom is 0.232 e. The first-order valence-corrected chi connectivity index (χ1v) is 8.26. The molecule has 0 saturated carbocycles. The van der Waals surface area contributed by atoms with E-state index in [2.05, 4.69) is 17.4 Å². The first-order valence-electron chi connectivity index (χ1n) is 8.26. The summed E-state index contributed by atoms with van der Waals surface area (Å²) < 4.78 is 0. The van der Waals surface area contributed by atoms with Gasteiger partial charge in [0.2, 0.25) is 5.91 Å². The van der Waals surface area contributed by atoms with E-state index in [1.807, 2.05) is 78.9 Å². The molecule has 0 unspecified atom stereocenters. The highest BCUT2D eigenvalue weighted by Crippen LogP contribution is 2.24. The molecule has 0 saturated heterocycles. The second-order valence-corrected chi connectivity index (χ2v) is 5.78. The summed E-state index contributed by atoms with van der Waals surface area (Å²) in [5.41, 5.74) is 3.26. The largest absolute Gasteiger partial charge is 0.355 e. The van der Waals surface area contributed by atoms with E-state index in [9.17, 15) is 4.79 Å². The molecule has 120 valence electrons. The van der Waals surface area contributed by atoms with Crippen LogP contribution in [-0.4, -0.2) is 12.5 Å². The van der Waals surface area contributed by atoms with Crippen molar-refractivity contribution in [2.75, 3.05) is 6.54 Å². The van der Waals surface area contributed by atoms with E-state index in [1.165, 1.54) is 5.56 Å². The summed E-state index contributed by atoms with van der Waals surface area (Å²) in [6, 6.07) is 30.1. The zero-order chi connectivity index (χ0) is 16.6. The van der Waals surface area contributed by atoms with Crippen LogP contribution in [0.25, 0.3) is 0 Å². The van der Waals surface area contributed by atoms with Crippen LogP contribution in [0.3, 0.4) is 0 Å². The molecule has 0 bridgehead atoms. The first-order chi connectivity index (χ1) is 11.8. The van der Waals surface area contributed by atoms with Gasteiger partial charge >= 0.3 is 0 Å². The molecule has 0 heterocycles. The fraction of sp³-hybridized carbons (Fsp3) is 0.136. The highest BCUT2D eigenvalue weighted by atomic mass is 16.1. The molecule has 0 aliphatic carbocycles. The number of nitrogens with one attached hydrogen (secondary N) is 1. The number of hydrogen-bond acceptors (Lipinski definition) is 1. The SMILES string of the molecule is O=C(NCCc1ccccc1)C(c1ccccc1)c1ccccc1. The van der Waals surface area contributed by atoms with Crippen molar-refractivity contribution in [1.29, 1.82) is 0 Å². The molecule has 24 heavy (non-hydrogen) atoms. The number of benzene rings is 3. The minimum atomic E-state index is -0.275. The van der Waals surface area contributed by atoms with E-state index < -0.39 is 0 Å². The fourth-order valence-electron chi connectivity index (χ4n) is 2.86. The van der Waals surface area contributed by atoms with Crippen LogP contribution < -0.4 is 5.32 Å². The molecule has 3 aromatic rings. The Morgan fingerprint density at radius 2 is 1.17 bits per heavy atom. The van der Waals surface area contributed by atoms with Gasteiger partial charge in [0.15, 0.2) is 0 Å². The molecule has 2 heteroatoms. The van der Waals surface area contributed by atoms with Crippen molar-refractivity contribution in [2.24, 2.45) is 0 Å². The Kier molecular flexibility index (Phi) is 5.41. The minimum Gasteiger partial charge on any atom is -0.355 e. The summed E-state index contributed by atoms with van der Waals surface area (Å²) in [5.74, 6) is -0.230. The van der Waals surface area contributed by atoms with Crippen molar-refractivity contribution < 1.29 is 4.79 Å². The van der Waals surface area contributed by atoms with Crippen molar-refractivity contribution in [3.05, 3.63) is 108 Å². The van der Waals surface area contributed by atoms with E-state index in [0.717, 1.165) is 17.5 Å². The van der Waals surface area contributed by atoms with Crippen LogP contribution in [0.2, 0.25) is 0 Å². The van der Waals surface area contributed by atoms with Gasteiger partial charge in [-0.3, -0.25) is 4.79 Å². The Labute approximate surface area is 143 Å². The van der Waals surface area contributed by atoms with E-state index in [0.29, 0.717) is 6.54 Å². The van der Waals surface area contributed by atoms with E-state index in [1.54, 1.807) is 0 Å². The van der Waals surface area contributed by atoms with Crippen molar-refractivity contribution in [1.82, 2.24) is 5.32 Å². The van der Waals surface area contributed by atoms with Gasteiger partial charge in [-0.05, 0) is 23.1 Å². The zero-order valence-electron chi connectivity index (χ0n) is 13.6. The van der Waals surface area contributed by atoms with Gasteiger partial charge in [0.1, 0.15) is 0 Å². The Morgan fingerprint density at radius 1 is 0.708 bits per heavy atom. The van der Waals surface area contributed by atoms with E-state index >= 15 is 0 Å². The molecule has 0 spiro atoms. The smallest absolute Gasteiger partial charge is 0.232 e. The summed E-state index contributed by atoms with van der Waals surface area (Å²) in [4.78, 5) is 12.8. The zero-order valence-corrected chi connectivity index (χ0v) is 13.6. The van der Waals surface area contributed by atoms with Crippen LogP contribution in [0.15, 0.2) is 91.0 Å². The van der Waals surface area contributed by atoms with Crippen LogP contribution in [0.1, 0.15) is 22.6 Å². The van der Waals surface area contributed by atoms with Crippen LogP contribution in [0, 0.1) is 0 Å². The Morgan fingerprint density at radius 3 is 1.67 bits per heavy atom. The lowest BCUT2D eigenvalue weighted by atomic mass is 9.90. The van der Waals surface area contributed by atoms with Gasteiger partial charge in [0.05, 0.1) is 5.92 Å². The van der Waals surface area contributed by atoms with Gasteiger partial charge in [-0.15, -0.1) is 0 Å². The number of carbonyl (C=O) groups excluding carboxylic acids is 1. The number of hydrogen-bond donors (Lipinski definition) is 1.